The number of ether oxygens (including phenoxy) is 1. The topological polar surface area (TPSA) is 115 Å². The van der Waals surface area contributed by atoms with Crippen LogP contribution in [0.4, 0.5) is 10.5 Å². The van der Waals surface area contributed by atoms with E-state index in [4.69, 9.17) is 4.74 Å². The Morgan fingerprint density at radius 2 is 1.41 bits per heavy atom. The highest BCUT2D eigenvalue weighted by molar-refractivity contribution is 6.13. The SMILES string of the molecule is COc1ccc(CNC(=O)N(C(C)C)N2CC(=O)N3[C@@H](Cc4ccc(NC(=O)c5cccc6ccccc56)cc4)C(=O)N(Cc4cccc5ccccc45)C[C@@H]32)cc1. The highest BCUT2D eigenvalue weighted by Crippen LogP contribution is 2.32. The van der Waals surface area contributed by atoms with Gasteiger partial charge < -0.3 is 25.2 Å². The quantitative estimate of drug-likeness (QED) is 0.144. The Bertz CT molecular complexity index is 2480. The number of nitrogens with zero attached hydrogens (tertiary/aromatic N) is 4. The van der Waals surface area contributed by atoms with Crippen molar-refractivity contribution in [3.8, 4) is 5.75 Å². The van der Waals surface area contributed by atoms with Crippen LogP contribution in [-0.2, 0) is 29.1 Å². The summed E-state index contributed by atoms with van der Waals surface area (Å²) in [5.74, 6) is 0.126. The van der Waals surface area contributed by atoms with Crippen LogP contribution in [0.3, 0.4) is 0 Å². The van der Waals surface area contributed by atoms with Crippen molar-refractivity contribution in [3.05, 3.63) is 156 Å². The minimum absolute atomic E-state index is 0.0518. The van der Waals surface area contributed by atoms with Crippen LogP contribution in [-0.4, -0.2) is 82.0 Å². The summed E-state index contributed by atoms with van der Waals surface area (Å²) in [5, 5.41) is 13.5. The molecule has 0 saturated carbocycles. The van der Waals surface area contributed by atoms with Crippen LogP contribution in [0.5, 0.6) is 5.75 Å². The molecule has 294 valence electrons. The normalized spacial score (nSPS) is 16.8. The van der Waals surface area contributed by atoms with Gasteiger partial charge in [-0.05, 0) is 82.4 Å². The number of hydrogen-bond donors (Lipinski definition) is 2. The zero-order valence-corrected chi connectivity index (χ0v) is 32.8. The molecule has 0 radical (unpaired) electrons. The molecule has 11 nitrogen and oxygen atoms in total. The van der Waals surface area contributed by atoms with E-state index in [-0.39, 0.29) is 55.8 Å². The molecular formula is C47H46N6O5. The van der Waals surface area contributed by atoms with Crippen LogP contribution in [0.15, 0.2) is 133 Å². The van der Waals surface area contributed by atoms with Gasteiger partial charge in [0.15, 0.2) is 0 Å². The van der Waals surface area contributed by atoms with E-state index in [0.29, 0.717) is 17.8 Å². The van der Waals surface area contributed by atoms with Crippen molar-refractivity contribution < 1.29 is 23.9 Å². The summed E-state index contributed by atoms with van der Waals surface area (Å²) in [5.41, 5.74) is 3.92. The Balaban J connectivity index is 1.06. The van der Waals surface area contributed by atoms with E-state index >= 15 is 0 Å². The number of rotatable bonds is 11. The predicted molar refractivity (Wildman–Crippen MR) is 225 cm³/mol. The first-order valence-corrected chi connectivity index (χ1v) is 19.6. The third kappa shape index (κ3) is 7.68. The molecule has 11 heteroatoms. The van der Waals surface area contributed by atoms with E-state index in [0.717, 1.165) is 44.0 Å². The second kappa shape index (κ2) is 16.4. The Hall–Kier alpha value is -6.72. The fourth-order valence-electron chi connectivity index (χ4n) is 8.22. The van der Waals surface area contributed by atoms with Crippen molar-refractivity contribution in [3.63, 3.8) is 0 Å². The van der Waals surface area contributed by atoms with Crippen LogP contribution in [0.1, 0.15) is 40.9 Å². The highest BCUT2D eigenvalue weighted by Gasteiger charge is 2.52. The van der Waals surface area contributed by atoms with E-state index in [1.54, 1.807) is 17.0 Å². The minimum atomic E-state index is -0.821. The molecule has 6 aromatic rings. The van der Waals surface area contributed by atoms with Gasteiger partial charge in [0.1, 0.15) is 18.0 Å². The van der Waals surface area contributed by atoms with Crippen LogP contribution < -0.4 is 15.4 Å². The lowest BCUT2D eigenvalue weighted by molar-refractivity contribution is -0.158. The summed E-state index contributed by atoms with van der Waals surface area (Å²) in [7, 11) is 1.61. The highest BCUT2D eigenvalue weighted by atomic mass is 16.5. The molecule has 2 heterocycles. The molecule has 5 amide bonds. The molecule has 2 atom stereocenters. The Morgan fingerprint density at radius 1 is 0.776 bits per heavy atom. The summed E-state index contributed by atoms with van der Waals surface area (Å²) in [6.45, 7) is 4.63. The van der Waals surface area contributed by atoms with Crippen molar-refractivity contribution in [1.29, 1.82) is 0 Å². The average Bonchev–Trinajstić information content (AvgIpc) is 3.56. The minimum Gasteiger partial charge on any atom is -0.497 e. The number of hydrazine groups is 1. The maximum Gasteiger partial charge on any atom is 0.332 e. The fraction of sp³-hybridized carbons (Fsp3) is 0.234. The molecule has 0 aliphatic carbocycles. The van der Waals surface area contributed by atoms with Crippen LogP contribution in [0.2, 0.25) is 0 Å². The third-order valence-electron chi connectivity index (χ3n) is 11.1. The number of urea groups is 1. The van der Waals surface area contributed by atoms with Gasteiger partial charge in [-0.15, -0.1) is 0 Å². The molecule has 2 aliphatic heterocycles. The standard InChI is InChI=1S/C47H46N6O5/c1-31(2)53(47(57)48-27-33-20-24-38(58-3)25-21-33)51-30-44(54)52-42(46(56)50(29-43(51)52)28-36-14-8-12-34-10-4-6-15-39(34)36)26-32-18-22-37(23-19-32)49-45(55)41-17-9-13-35-11-5-7-16-40(35)41/h4-25,31,42-43H,26-30H2,1-3H3,(H,48,57)(H,49,55)/t42-,43+/m0/s1. The lowest BCUT2D eigenvalue weighted by Crippen LogP contribution is -2.66. The predicted octanol–water partition coefficient (Wildman–Crippen LogP) is 7.21. The van der Waals surface area contributed by atoms with E-state index in [9.17, 15) is 19.2 Å². The van der Waals surface area contributed by atoms with Gasteiger partial charge in [-0.3, -0.25) is 19.4 Å². The van der Waals surface area contributed by atoms with Crippen molar-refractivity contribution in [2.24, 2.45) is 0 Å². The van der Waals surface area contributed by atoms with Gasteiger partial charge >= 0.3 is 6.03 Å². The Labute approximate surface area is 337 Å². The van der Waals surface area contributed by atoms with Gasteiger partial charge in [0, 0.05) is 36.8 Å². The summed E-state index contributed by atoms with van der Waals surface area (Å²) < 4.78 is 5.28. The fourth-order valence-corrected chi connectivity index (χ4v) is 8.22. The lowest BCUT2D eigenvalue weighted by Gasteiger charge is -2.47. The monoisotopic (exact) mass is 774 g/mol. The molecule has 6 aromatic carbocycles. The van der Waals surface area contributed by atoms with E-state index in [2.05, 4.69) is 28.8 Å². The second-order valence-electron chi connectivity index (χ2n) is 15.1. The lowest BCUT2D eigenvalue weighted by atomic mass is 9.98. The maximum absolute atomic E-state index is 14.6. The number of fused-ring (bicyclic) bond motifs is 3. The summed E-state index contributed by atoms with van der Waals surface area (Å²) in [4.78, 5) is 59.6. The number of carbonyl (C=O) groups excluding carboxylic acids is 4. The Kier molecular flexibility index (Phi) is 10.8. The van der Waals surface area contributed by atoms with E-state index in [1.165, 1.54) is 0 Å². The first kappa shape index (κ1) is 38.2. The van der Waals surface area contributed by atoms with Gasteiger partial charge in [0.05, 0.1) is 20.2 Å². The molecule has 0 spiro atoms. The van der Waals surface area contributed by atoms with Gasteiger partial charge in [-0.1, -0.05) is 103 Å². The molecule has 0 bridgehead atoms. The number of methoxy groups -OCH3 is 1. The number of hydrogen-bond acceptors (Lipinski definition) is 6. The Morgan fingerprint density at radius 3 is 2.12 bits per heavy atom. The average molecular weight is 775 g/mol. The van der Waals surface area contributed by atoms with E-state index in [1.807, 2.05) is 139 Å². The first-order valence-electron chi connectivity index (χ1n) is 19.6. The van der Waals surface area contributed by atoms with Crippen LogP contribution >= 0.6 is 0 Å². The summed E-state index contributed by atoms with van der Waals surface area (Å²) >= 11 is 0. The summed E-state index contributed by atoms with van der Waals surface area (Å²) in [6, 6.07) is 41.1. The zero-order valence-electron chi connectivity index (χ0n) is 32.8. The molecule has 2 fully saturated rings. The van der Waals surface area contributed by atoms with Crippen LogP contribution in [0, 0.1) is 0 Å². The van der Waals surface area contributed by atoms with Crippen molar-refractivity contribution >= 4 is 51.0 Å². The van der Waals surface area contributed by atoms with Gasteiger partial charge in [-0.25, -0.2) is 4.79 Å². The van der Waals surface area contributed by atoms with Gasteiger partial charge in [0.25, 0.3) is 5.91 Å². The molecular weight excluding hydrogens is 729 g/mol. The van der Waals surface area contributed by atoms with Gasteiger partial charge in [-0.2, -0.15) is 5.01 Å². The van der Waals surface area contributed by atoms with Crippen molar-refractivity contribution in [2.75, 3.05) is 25.5 Å². The number of benzene rings is 6. The molecule has 58 heavy (non-hydrogen) atoms. The number of piperazine rings is 1. The first-order chi connectivity index (χ1) is 28.2. The largest absolute Gasteiger partial charge is 0.497 e. The molecule has 2 saturated heterocycles. The van der Waals surface area contributed by atoms with Crippen molar-refractivity contribution in [2.45, 2.75) is 51.6 Å². The summed E-state index contributed by atoms with van der Waals surface area (Å²) in [6.07, 6.45) is -0.331. The molecule has 8 rings (SSSR count). The van der Waals surface area contributed by atoms with Crippen molar-refractivity contribution in [1.82, 2.24) is 25.1 Å². The molecule has 2 N–H and O–H groups in total. The number of anilines is 1. The number of amides is 5. The molecule has 0 unspecified atom stereocenters. The maximum atomic E-state index is 14.6. The smallest absolute Gasteiger partial charge is 0.332 e. The number of nitrogens with one attached hydrogen (secondary N) is 2. The van der Waals surface area contributed by atoms with Gasteiger partial charge in [0.2, 0.25) is 11.8 Å². The third-order valence-corrected chi connectivity index (χ3v) is 11.1. The molecule has 0 aromatic heterocycles. The number of carbonyl (C=O) groups is 4. The second-order valence-corrected chi connectivity index (χ2v) is 15.1. The van der Waals surface area contributed by atoms with E-state index < -0.39 is 12.2 Å². The van der Waals surface area contributed by atoms with Crippen LogP contribution in [0.25, 0.3) is 21.5 Å². The molecule has 2 aliphatic rings. The zero-order chi connectivity index (χ0) is 40.3.